The van der Waals surface area contributed by atoms with E-state index in [1.165, 1.54) is 16.9 Å². The van der Waals surface area contributed by atoms with Crippen molar-refractivity contribution in [2.75, 3.05) is 0 Å². The average molecular weight is 324 g/mol. The number of aryl methyl sites for hydroxylation is 1. The van der Waals surface area contributed by atoms with Gasteiger partial charge in [-0.15, -0.1) is 0 Å². The largest absolute Gasteiger partial charge is 0.417 e. The quantitative estimate of drug-likeness (QED) is 0.757. The number of hydrogen-bond acceptors (Lipinski definition) is 3. The number of aromatic nitrogens is 4. The van der Waals surface area contributed by atoms with E-state index in [1.807, 2.05) is 4.98 Å². The van der Waals surface area contributed by atoms with Crippen LogP contribution in [0.4, 0.5) is 13.2 Å². The standard InChI is InChI=1S/C14H11F3N4O2/c1-2-21-11(3-4-18-21)7-5-8-10(6-9(7)14(15,16)17)19-13(23)20-12(8)22/h3-6H,2H2,1H3,(H2,19,20,22,23). The van der Waals surface area contributed by atoms with E-state index in [2.05, 4.69) is 10.1 Å². The summed E-state index contributed by atoms with van der Waals surface area (Å²) in [5.41, 5.74) is -2.64. The van der Waals surface area contributed by atoms with Gasteiger partial charge in [0.05, 0.1) is 22.2 Å². The summed E-state index contributed by atoms with van der Waals surface area (Å²) >= 11 is 0. The van der Waals surface area contributed by atoms with Crippen molar-refractivity contribution < 1.29 is 13.2 Å². The number of nitrogens with zero attached hydrogens (tertiary/aromatic N) is 2. The highest BCUT2D eigenvalue weighted by molar-refractivity contribution is 5.85. The molecule has 120 valence electrons. The number of benzene rings is 1. The van der Waals surface area contributed by atoms with Crippen LogP contribution >= 0.6 is 0 Å². The highest BCUT2D eigenvalue weighted by Gasteiger charge is 2.35. The molecule has 0 bridgehead atoms. The molecule has 2 N–H and O–H groups in total. The number of fused-ring (bicyclic) bond motifs is 1. The summed E-state index contributed by atoms with van der Waals surface area (Å²) < 4.78 is 41.6. The summed E-state index contributed by atoms with van der Waals surface area (Å²) in [5.74, 6) is 0. The maximum absolute atomic E-state index is 13.4. The Morgan fingerprint density at radius 3 is 2.61 bits per heavy atom. The lowest BCUT2D eigenvalue weighted by molar-refractivity contribution is -0.137. The van der Waals surface area contributed by atoms with Crippen LogP contribution in [0, 0.1) is 0 Å². The van der Waals surface area contributed by atoms with Crippen molar-refractivity contribution in [2.24, 2.45) is 0 Å². The molecule has 0 atom stereocenters. The second kappa shape index (κ2) is 5.11. The summed E-state index contributed by atoms with van der Waals surface area (Å²) in [6.07, 6.45) is -3.26. The Labute approximate surface area is 126 Å². The lowest BCUT2D eigenvalue weighted by Crippen LogP contribution is -2.22. The van der Waals surface area contributed by atoms with E-state index >= 15 is 0 Å². The highest BCUT2D eigenvalue weighted by Crippen LogP contribution is 2.38. The molecular weight excluding hydrogens is 313 g/mol. The van der Waals surface area contributed by atoms with Crippen LogP contribution in [0.3, 0.4) is 0 Å². The number of alkyl halides is 3. The van der Waals surface area contributed by atoms with E-state index in [9.17, 15) is 22.8 Å². The van der Waals surface area contributed by atoms with Crippen LogP contribution in [0.15, 0.2) is 34.0 Å². The molecule has 0 aliphatic rings. The Bertz CT molecular complexity index is 998. The van der Waals surface area contributed by atoms with Gasteiger partial charge in [0.1, 0.15) is 0 Å². The van der Waals surface area contributed by atoms with Crippen LogP contribution in [-0.2, 0) is 12.7 Å². The molecule has 1 aromatic carbocycles. The van der Waals surface area contributed by atoms with E-state index in [0.29, 0.717) is 6.54 Å². The molecule has 0 saturated heterocycles. The van der Waals surface area contributed by atoms with Gasteiger partial charge in [-0.05, 0) is 25.1 Å². The minimum atomic E-state index is -4.65. The summed E-state index contributed by atoms with van der Waals surface area (Å²) in [6, 6.07) is 3.34. The normalized spacial score (nSPS) is 12.0. The second-order valence-corrected chi connectivity index (χ2v) is 4.88. The number of halogens is 3. The van der Waals surface area contributed by atoms with Gasteiger partial charge in [-0.1, -0.05) is 0 Å². The first-order valence-electron chi connectivity index (χ1n) is 6.71. The Balaban J connectivity index is 2.44. The Morgan fingerprint density at radius 2 is 1.96 bits per heavy atom. The van der Waals surface area contributed by atoms with Gasteiger partial charge >= 0.3 is 11.9 Å². The average Bonchev–Trinajstić information content (AvgIpc) is 2.93. The molecule has 0 amide bonds. The van der Waals surface area contributed by atoms with Crippen LogP contribution in [-0.4, -0.2) is 19.7 Å². The molecule has 0 radical (unpaired) electrons. The van der Waals surface area contributed by atoms with Crippen molar-refractivity contribution in [2.45, 2.75) is 19.6 Å². The molecule has 6 nitrogen and oxygen atoms in total. The predicted molar refractivity (Wildman–Crippen MR) is 77.1 cm³/mol. The van der Waals surface area contributed by atoms with Crippen molar-refractivity contribution in [1.29, 1.82) is 0 Å². The van der Waals surface area contributed by atoms with Crippen LogP contribution in [0.5, 0.6) is 0 Å². The Hall–Kier alpha value is -2.84. The fraction of sp³-hybridized carbons (Fsp3) is 0.214. The molecule has 9 heteroatoms. The maximum Gasteiger partial charge on any atom is 0.417 e. The van der Waals surface area contributed by atoms with Crippen molar-refractivity contribution in [3.63, 3.8) is 0 Å². The van der Waals surface area contributed by atoms with Crippen LogP contribution < -0.4 is 11.2 Å². The fourth-order valence-electron chi connectivity index (χ4n) is 2.47. The van der Waals surface area contributed by atoms with Crippen LogP contribution in [0.2, 0.25) is 0 Å². The fourth-order valence-corrected chi connectivity index (χ4v) is 2.47. The molecule has 0 fully saturated rings. The number of hydrogen-bond donors (Lipinski definition) is 2. The summed E-state index contributed by atoms with van der Waals surface area (Å²) in [6.45, 7) is 2.12. The monoisotopic (exact) mass is 324 g/mol. The van der Waals surface area contributed by atoms with Crippen molar-refractivity contribution in [1.82, 2.24) is 19.7 Å². The van der Waals surface area contributed by atoms with Crippen molar-refractivity contribution in [3.05, 3.63) is 50.8 Å². The molecule has 2 heterocycles. The number of H-pyrrole nitrogens is 2. The van der Waals surface area contributed by atoms with Crippen LogP contribution in [0.1, 0.15) is 12.5 Å². The van der Waals surface area contributed by atoms with Gasteiger partial charge in [0.2, 0.25) is 0 Å². The third-order valence-corrected chi connectivity index (χ3v) is 3.48. The van der Waals surface area contributed by atoms with E-state index < -0.39 is 23.0 Å². The molecule has 3 rings (SSSR count). The lowest BCUT2D eigenvalue weighted by Gasteiger charge is -2.15. The van der Waals surface area contributed by atoms with Gasteiger partial charge < -0.3 is 4.98 Å². The second-order valence-electron chi connectivity index (χ2n) is 4.88. The first kappa shape index (κ1) is 15.1. The summed E-state index contributed by atoms with van der Waals surface area (Å²) in [4.78, 5) is 27.3. The first-order valence-corrected chi connectivity index (χ1v) is 6.71. The molecule has 0 unspecified atom stereocenters. The molecule has 0 aliphatic heterocycles. The minimum absolute atomic E-state index is 0.0311. The molecule has 2 aromatic heterocycles. The maximum atomic E-state index is 13.4. The van der Waals surface area contributed by atoms with Gasteiger partial charge in [0.15, 0.2) is 0 Å². The molecule has 0 aliphatic carbocycles. The van der Waals surface area contributed by atoms with Gasteiger partial charge in [-0.2, -0.15) is 18.3 Å². The zero-order valence-electron chi connectivity index (χ0n) is 11.9. The van der Waals surface area contributed by atoms with Gasteiger partial charge in [-0.25, -0.2) is 4.79 Å². The zero-order valence-corrected chi connectivity index (χ0v) is 11.9. The molecular formula is C14H11F3N4O2. The highest BCUT2D eigenvalue weighted by atomic mass is 19.4. The SMILES string of the molecule is CCn1nccc1-c1cc2c(=O)[nH]c(=O)[nH]c2cc1C(F)(F)F. The Morgan fingerprint density at radius 1 is 1.22 bits per heavy atom. The molecule has 23 heavy (non-hydrogen) atoms. The summed E-state index contributed by atoms with van der Waals surface area (Å²) in [5, 5.41) is 3.93. The third kappa shape index (κ3) is 2.54. The summed E-state index contributed by atoms with van der Waals surface area (Å²) in [7, 11) is 0. The minimum Gasteiger partial charge on any atom is -0.307 e. The number of nitrogens with one attached hydrogen (secondary N) is 2. The van der Waals surface area contributed by atoms with E-state index in [0.717, 1.165) is 12.1 Å². The molecule has 0 spiro atoms. The lowest BCUT2D eigenvalue weighted by atomic mass is 10.0. The van der Waals surface area contributed by atoms with Gasteiger partial charge in [0, 0.05) is 18.3 Å². The zero-order chi connectivity index (χ0) is 16.8. The molecule has 0 saturated carbocycles. The van der Waals surface area contributed by atoms with Crippen LogP contribution in [0.25, 0.3) is 22.2 Å². The number of aromatic amines is 2. The van der Waals surface area contributed by atoms with Gasteiger partial charge in [0.25, 0.3) is 5.56 Å². The predicted octanol–water partition coefficient (Wildman–Crippen LogP) is 2.12. The topological polar surface area (TPSA) is 83.5 Å². The van der Waals surface area contributed by atoms with Gasteiger partial charge in [-0.3, -0.25) is 14.5 Å². The van der Waals surface area contributed by atoms with E-state index in [-0.39, 0.29) is 22.2 Å². The molecule has 3 aromatic rings. The van der Waals surface area contributed by atoms with Crippen molar-refractivity contribution >= 4 is 10.9 Å². The van der Waals surface area contributed by atoms with E-state index in [4.69, 9.17) is 0 Å². The van der Waals surface area contributed by atoms with E-state index in [1.54, 1.807) is 6.92 Å². The third-order valence-electron chi connectivity index (χ3n) is 3.48. The van der Waals surface area contributed by atoms with Crippen molar-refractivity contribution in [3.8, 4) is 11.3 Å². The smallest absolute Gasteiger partial charge is 0.307 e. The first-order chi connectivity index (χ1) is 10.8. The Kier molecular flexibility index (Phi) is 3.35. The number of rotatable bonds is 2.